The van der Waals surface area contributed by atoms with Crippen molar-refractivity contribution in [2.24, 2.45) is 17.5 Å². The summed E-state index contributed by atoms with van der Waals surface area (Å²) in [5.41, 5.74) is 7.88. The van der Waals surface area contributed by atoms with Gasteiger partial charge in [-0.05, 0) is 18.8 Å². The van der Waals surface area contributed by atoms with Gasteiger partial charge in [-0.1, -0.05) is 6.42 Å². The number of hydrogen-bond donors (Lipinski definition) is 3. The summed E-state index contributed by atoms with van der Waals surface area (Å²) < 4.78 is 0. The third-order valence-electron chi connectivity index (χ3n) is 2.33. The molecule has 0 aliphatic heterocycles. The second-order valence-electron chi connectivity index (χ2n) is 3.13. The molecule has 1 rings (SSSR count). The van der Waals surface area contributed by atoms with Gasteiger partial charge in [-0.2, -0.15) is 0 Å². The fourth-order valence-electron chi connectivity index (χ4n) is 1.62. The predicted molar refractivity (Wildman–Crippen MR) is 42.3 cm³/mol. The first-order chi connectivity index (χ1) is 5.24. The number of nitrogens with two attached hydrogens (primary N) is 2. The summed E-state index contributed by atoms with van der Waals surface area (Å²) in [6.07, 6.45) is 3.73. The quantitative estimate of drug-likeness (QED) is 0.287. The van der Waals surface area contributed by atoms with Crippen LogP contribution in [0.5, 0.6) is 0 Å². The van der Waals surface area contributed by atoms with E-state index in [9.17, 15) is 4.79 Å². The van der Waals surface area contributed by atoms with Crippen LogP contribution in [0, 0.1) is 5.92 Å². The van der Waals surface area contributed by atoms with Gasteiger partial charge in [0.1, 0.15) is 0 Å². The molecule has 0 bridgehead atoms. The normalized spacial score (nSPS) is 30.4. The lowest BCUT2D eigenvalue weighted by atomic mass is 10.0. The molecule has 0 saturated heterocycles. The van der Waals surface area contributed by atoms with Gasteiger partial charge in [-0.15, -0.1) is 0 Å². The van der Waals surface area contributed by atoms with E-state index in [1.54, 1.807) is 0 Å². The molecule has 1 amide bonds. The molecule has 0 aromatic rings. The van der Waals surface area contributed by atoms with Crippen LogP contribution in [-0.4, -0.2) is 11.9 Å². The highest BCUT2D eigenvalue weighted by Crippen LogP contribution is 2.26. The molecule has 0 heterocycles. The lowest BCUT2D eigenvalue weighted by Gasteiger charge is -2.12. The maximum Gasteiger partial charge on any atom is 0.234 e. The molecule has 4 nitrogen and oxygen atoms in total. The highest BCUT2D eigenvalue weighted by Gasteiger charge is 2.25. The fraction of sp³-hybridized carbons (Fsp3) is 0.857. The fourth-order valence-corrected chi connectivity index (χ4v) is 1.62. The second-order valence-corrected chi connectivity index (χ2v) is 3.13. The Balaban J connectivity index is 2.30. The zero-order chi connectivity index (χ0) is 8.27. The molecule has 1 fully saturated rings. The van der Waals surface area contributed by atoms with E-state index < -0.39 is 0 Å². The predicted octanol–water partition coefficient (Wildman–Crippen LogP) is -0.506. The van der Waals surface area contributed by atoms with Gasteiger partial charge in [0.15, 0.2) is 0 Å². The molecule has 0 unspecified atom stereocenters. The first-order valence-electron chi connectivity index (χ1n) is 3.99. The smallest absolute Gasteiger partial charge is 0.234 e. The van der Waals surface area contributed by atoms with Gasteiger partial charge < -0.3 is 5.73 Å². The molecular formula is C7H15N3O. The average Bonchev–Trinajstić information content (AvgIpc) is 2.37. The van der Waals surface area contributed by atoms with Crippen molar-refractivity contribution in [2.45, 2.75) is 31.7 Å². The molecule has 1 saturated carbocycles. The monoisotopic (exact) mass is 157 g/mol. The zero-order valence-electron chi connectivity index (χ0n) is 6.55. The number of carbonyl (C=O) groups excluding carboxylic acids is 1. The Bertz CT molecular complexity index is 149. The number of hydrogen-bond acceptors (Lipinski definition) is 3. The summed E-state index contributed by atoms with van der Waals surface area (Å²) >= 11 is 0. The number of hydrazine groups is 1. The topological polar surface area (TPSA) is 81.1 Å². The van der Waals surface area contributed by atoms with Crippen LogP contribution >= 0.6 is 0 Å². The van der Waals surface area contributed by atoms with Crippen LogP contribution in [0.15, 0.2) is 0 Å². The summed E-state index contributed by atoms with van der Waals surface area (Å²) in [6.45, 7) is 0. The van der Waals surface area contributed by atoms with E-state index in [2.05, 4.69) is 5.43 Å². The lowest BCUT2D eigenvalue weighted by molar-refractivity contribution is -0.122. The maximum atomic E-state index is 10.8. The Labute approximate surface area is 66.3 Å². The van der Waals surface area contributed by atoms with Crippen LogP contribution in [0.4, 0.5) is 0 Å². The molecule has 0 spiro atoms. The van der Waals surface area contributed by atoms with Crippen LogP contribution in [0.1, 0.15) is 25.7 Å². The summed E-state index contributed by atoms with van der Waals surface area (Å²) in [7, 11) is 0. The molecule has 5 N–H and O–H groups in total. The first-order valence-corrected chi connectivity index (χ1v) is 3.99. The number of nitrogens with one attached hydrogen (secondary N) is 1. The molecule has 64 valence electrons. The Morgan fingerprint density at radius 1 is 1.55 bits per heavy atom. The van der Waals surface area contributed by atoms with Crippen molar-refractivity contribution in [3.05, 3.63) is 0 Å². The molecule has 4 heteroatoms. The third-order valence-corrected chi connectivity index (χ3v) is 2.33. The number of amides is 1. The molecule has 1 aliphatic carbocycles. The van der Waals surface area contributed by atoms with Crippen LogP contribution in [0.2, 0.25) is 0 Å². The minimum Gasteiger partial charge on any atom is -0.327 e. The molecule has 0 aromatic heterocycles. The minimum absolute atomic E-state index is 0.104. The van der Waals surface area contributed by atoms with Gasteiger partial charge in [-0.3, -0.25) is 10.2 Å². The molecule has 1 aliphatic rings. The van der Waals surface area contributed by atoms with E-state index in [1.807, 2.05) is 0 Å². The lowest BCUT2D eigenvalue weighted by Crippen LogP contribution is -2.35. The molecular weight excluding hydrogens is 142 g/mol. The van der Waals surface area contributed by atoms with Gasteiger partial charge in [0, 0.05) is 12.5 Å². The molecule has 0 radical (unpaired) electrons. The maximum absolute atomic E-state index is 10.8. The Morgan fingerprint density at radius 2 is 2.27 bits per heavy atom. The largest absolute Gasteiger partial charge is 0.327 e. The van der Waals surface area contributed by atoms with Crippen LogP contribution in [0.25, 0.3) is 0 Å². The average molecular weight is 157 g/mol. The number of rotatable bonds is 2. The van der Waals surface area contributed by atoms with Gasteiger partial charge in [-0.25, -0.2) is 5.84 Å². The Morgan fingerprint density at radius 3 is 2.73 bits per heavy atom. The summed E-state index contributed by atoms with van der Waals surface area (Å²) in [5.74, 6) is 5.20. The highest BCUT2D eigenvalue weighted by atomic mass is 16.2. The second kappa shape index (κ2) is 3.69. The summed E-state index contributed by atoms with van der Waals surface area (Å²) in [6, 6.07) is 0.201. The SMILES string of the molecule is NNC(=O)C[C@@H]1CCC[C@H]1N. The van der Waals surface area contributed by atoms with Crippen LogP contribution in [0.3, 0.4) is 0 Å². The van der Waals surface area contributed by atoms with Gasteiger partial charge in [0.2, 0.25) is 5.91 Å². The van der Waals surface area contributed by atoms with E-state index in [0.717, 1.165) is 19.3 Å². The van der Waals surface area contributed by atoms with Gasteiger partial charge in [0.05, 0.1) is 0 Å². The van der Waals surface area contributed by atoms with E-state index in [4.69, 9.17) is 11.6 Å². The summed E-state index contributed by atoms with van der Waals surface area (Å²) in [4.78, 5) is 10.8. The molecule has 2 atom stereocenters. The van der Waals surface area contributed by atoms with Crippen molar-refractivity contribution in [1.82, 2.24) is 5.43 Å². The van der Waals surface area contributed by atoms with Crippen LogP contribution < -0.4 is 17.0 Å². The van der Waals surface area contributed by atoms with Crippen molar-refractivity contribution in [2.75, 3.05) is 0 Å². The van der Waals surface area contributed by atoms with E-state index >= 15 is 0 Å². The first kappa shape index (κ1) is 8.49. The highest BCUT2D eigenvalue weighted by molar-refractivity contribution is 5.75. The Kier molecular flexibility index (Phi) is 2.84. The minimum atomic E-state index is -0.104. The van der Waals surface area contributed by atoms with Crippen molar-refractivity contribution >= 4 is 5.91 Å². The molecule has 11 heavy (non-hydrogen) atoms. The van der Waals surface area contributed by atoms with Gasteiger partial charge in [0.25, 0.3) is 0 Å². The van der Waals surface area contributed by atoms with Crippen molar-refractivity contribution in [3.63, 3.8) is 0 Å². The van der Waals surface area contributed by atoms with E-state index in [0.29, 0.717) is 12.3 Å². The van der Waals surface area contributed by atoms with Crippen molar-refractivity contribution in [1.29, 1.82) is 0 Å². The standard InChI is InChI=1S/C7H15N3O/c8-6-3-1-2-5(6)4-7(11)10-9/h5-6H,1-4,8-9H2,(H,10,11)/t5-,6+/m0/s1. The van der Waals surface area contributed by atoms with E-state index in [-0.39, 0.29) is 11.9 Å². The third kappa shape index (κ3) is 2.17. The Hall–Kier alpha value is -0.610. The van der Waals surface area contributed by atoms with Crippen molar-refractivity contribution in [3.8, 4) is 0 Å². The van der Waals surface area contributed by atoms with E-state index in [1.165, 1.54) is 0 Å². The summed E-state index contributed by atoms with van der Waals surface area (Å²) in [5, 5.41) is 0. The number of carbonyl (C=O) groups is 1. The molecule has 0 aromatic carbocycles. The van der Waals surface area contributed by atoms with Crippen molar-refractivity contribution < 1.29 is 4.79 Å². The van der Waals surface area contributed by atoms with Crippen LogP contribution in [-0.2, 0) is 4.79 Å². The van der Waals surface area contributed by atoms with Gasteiger partial charge >= 0.3 is 0 Å². The zero-order valence-corrected chi connectivity index (χ0v) is 6.55.